The standard InChI is InChI=1S/C20H15ClFN3/c21-17-8-9-20(19(22)11-17)25(14-18-3-1-2-10-24-18)13-16-6-4-15(12-23)5-7-16/h1-11H,13-14H2. The molecule has 0 bridgehead atoms. The molecule has 0 fully saturated rings. The third-order valence-electron chi connectivity index (χ3n) is 3.79. The number of anilines is 1. The smallest absolute Gasteiger partial charge is 0.147 e. The van der Waals surface area contributed by atoms with Gasteiger partial charge in [-0.2, -0.15) is 5.26 Å². The summed E-state index contributed by atoms with van der Waals surface area (Å²) in [6.45, 7) is 0.945. The monoisotopic (exact) mass is 351 g/mol. The zero-order valence-electron chi connectivity index (χ0n) is 13.4. The minimum atomic E-state index is -0.378. The highest BCUT2D eigenvalue weighted by Crippen LogP contribution is 2.26. The predicted octanol–water partition coefficient (Wildman–Crippen LogP) is 4.95. The van der Waals surface area contributed by atoms with Crippen molar-refractivity contribution >= 4 is 17.3 Å². The van der Waals surface area contributed by atoms with E-state index in [-0.39, 0.29) is 5.82 Å². The number of aromatic nitrogens is 1. The Morgan fingerprint density at radius 1 is 1.04 bits per heavy atom. The quantitative estimate of drug-likeness (QED) is 0.652. The van der Waals surface area contributed by atoms with Gasteiger partial charge in [0.05, 0.1) is 29.6 Å². The van der Waals surface area contributed by atoms with Gasteiger partial charge >= 0.3 is 0 Å². The average molecular weight is 352 g/mol. The summed E-state index contributed by atoms with van der Waals surface area (Å²) in [7, 11) is 0. The van der Waals surface area contributed by atoms with E-state index in [9.17, 15) is 4.39 Å². The number of nitrogens with zero attached hydrogens (tertiary/aromatic N) is 3. The lowest BCUT2D eigenvalue weighted by Crippen LogP contribution is -2.23. The number of hydrogen-bond donors (Lipinski definition) is 0. The van der Waals surface area contributed by atoms with Crippen LogP contribution in [0.4, 0.5) is 10.1 Å². The largest absolute Gasteiger partial charge is 0.359 e. The zero-order chi connectivity index (χ0) is 17.6. The molecule has 1 heterocycles. The van der Waals surface area contributed by atoms with E-state index >= 15 is 0 Å². The highest BCUT2D eigenvalue weighted by molar-refractivity contribution is 6.30. The first-order chi connectivity index (χ1) is 12.2. The molecule has 2 aromatic carbocycles. The van der Waals surface area contributed by atoms with E-state index in [1.807, 2.05) is 35.2 Å². The molecule has 5 heteroatoms. The van der Waals surface area contributed by atoms with Gasteiger partial charge in [-0.3, -0.25) is 4.98 Å². The molecule has 0 aliphatic carbocycles. The lowest BCUT2D eigenvalue weighted by Gasteiger charge is -2.25. The Hall–Kier alpha value is -2.90. The highest BCUT2D eigenvalue weighted by Gasteiger charge is 2.14. The first-order valence-electron chi connectivity index (χ1n) is 7.74. The number of nitriles is 1. The number of rotatable bonds is 5. The molecule has 124 valence electrons. The maximum Gasteiger partial charge on any atom is 0.147 e. The van der Waals surface area contributed by atoms with Crippen LogP contribution in [-0.2, 0) is 13.1 Å². The number of pyridine rings is 1. The van der Waals surface area contributed by atoms with Crippen molar-refractivity contribution < 1.29 is 4.39 Å². The second-order valence-electron chi connectivity index (χ2n) is 5.58. The van der Waals surface area contributed by atoms with E-state index in [1.165, 1.54) is 6.07 Å². The molecule has 0 saturated carbocycles. The number of hydrogen-bond acceptors (Lipinski definition) is 3. The summed E-state index contributed by atoms with van der Waals surface area (Å²) in [6.07, 6.45) is 1.72. The van der Waals surface area contributed by atoms with Crippen LogP contribution in [0.15, 0.2) is 66.9 Å². The van der Waals surface area contributed by atoms with Gasteiger partial charge in [-0.05, 0) is 48.0 Å². The van der Waals surface area contributed by atoms with Crippen molar-refractivity contribution in [1.82, 2.24) is 4.98 Å². The molecular formula is C20H15ClFN3. The molecule has 1 aromatic heterocycles. The first-order valence-corrected chi connectivity index (χ1v) is 8.12. The Morgan fingerprint density at radius 2 is 1.84 bits per heavy atom. The Kier molecular flexibility index (Phi) is 5.27. The second-order valence-corrected chi connectivity index (χ2v) is 6.02. The molecule has 0 radical (unpaired) electrons. The van der Waals surface area contributed by atoms with Gasteiger partial charge in [0.1, 0.15) is 5.82 Å². The van der Waals surface area contributed by atoms with Crippen molar-refractivity contribution in [2.75, 3.05) is 4.90 Å². The normalized spacial score (nSPS) is 10.3. The van der Waals surface area contributed by atoms with E-state index in [2.05, 4.69) is 11.1 Å². The van der Waals surface area contributed by atoms with Gasteiger partial charge in [-0.15, -0.1) is 0 Å². The van der Waals surface area contributed by atoms with Crippen LogP contribution in [-0.4, -0.2) is 4.98 Å². The first kappa shape index (κ1) is 16.9. The molecule has 3 aromatic rings. The van der Waals surface area contributed by atoms with Gasteiger partial charge < -0.3 is 4.90 Å². The summed E-state index contributed by atoms with van der Waals surface area (Å²) in [4.78, 5) is 6.23. The fourth-order valence-electron chi connectivity index (χ4n) is 2.56. The van der Waals surface area contributed by atoms with Gasteiger partial charge in [0.15, 0.2) is 0 Å². The Balaban J connectivity index is 1.91. The van der Waals surface area contributed by atoms with Crippen LogP contribution in [0.2, 0.25) is 5.02 Å². The summed E-state index contributed by atoms with van der Waals surface area (Å²) in [5.41, 5.74) is 2.87. The maximum absolute atomic E-state index is 14.4. The van der Waals surface area contributed by atoms with E-state index in [1.54, 1.807) is 30.5 Å². The molecule has 0 aliphatic heterocycles. The number of benzene rings is 2. The average Bonchev–Trinajstić information content (AvgIpc) is 2.63. The molecular weight excluding hydrogens is 337 g/mol. The van der Waals surface area contributed by atoms with Crippen molar-refractivity contribution in [1.29, 1.82) is 5.26 Å². The molecule has 3 rings (SSSR count). The SMILES string of the molecule is N#Cc1ccc(CN(Cc2ccccn2)c2ccc(Cl)cc2F)cc1. The van der Waals surface area contributed by atoms with Crippen LogP contribution >= 0.6 is 11.6 Å². The van der Waals surface area contributed by atoms with E-state index in [4.69, 9.17) is 16.9 Å². The van der Waals surface area contributed by atoms with E-state index in [0.29, 0.717) is 29.4 Å². The fourth-order valence-corrected chi connectivity index (χ4v) is 2.72. The summed E-state index contributed by atoms with van der Waals surface area (Å²) < 4.78 is 14.4. The maximum atomic E-state index is 14.4. The minimum absolute atomic E-state index is 0.359. The van der Waals surface area contributed by atoms with Crippen LogP contribution in [0.1, 0.15) is 16.8 Å². The summed E-state index contributed by atoms with van der Waals surface area (Å²) >= 11 is 5.87. The van der Waals surface area contributed by atoms with Gasteiger partial charge in [0.25, 0.3) is 0 Å². The zero-order valence-corrected chi connectivity index (χ0v) is 14.1. The Morgan fingerprint density at radius 3 is 2.48 bits per heavy atom. The Labute approximate surface area is 150 Å². The Bertz CT molecular complexity index is 889. The van der Waals surface area contributed by atoms with Gasteiger partial charge in [0.2, 0.25) is 0 Å². The molecule has 0 aliphatic rings. The van der Waals surface area contributed by atoms with Gasteiger partial charge in [-0.1, -0.05) is 29.8 Å². The molecule has 0 spiro atoms. The van der Waals surface area contributed by atoms with Crippen molar-refractivity contribution in [3.63, 3.8) is 0 Å². The summed E-state index contributed by atoms with van der Waals surface area (Å²) in [5, 5.41) is 9.27. The summed E-state index contributed by atoms with van der Waals surface area (Å²) in [6, 6.07) is 19.7. The van der Waals surface area contributed by atoms with Crippen LogP contribution < -0.4 is 4.90 Å². The van der Waals surface area contributed by atoms with Crippen molar-refractivity contribution in [2.24, 2.45) is 0 Å². The van der Waals surface area contributed by atoms with Crippen molar-refractivity contribution in [3.8, 4) is 6.07 Å². The highest BCUT2D eigenvalue weighted by atomic mass is 35.5. The third kappa shape index (κ3) is 4.34. The molecule has 25 heavy (non-hydrogen) atoms. The molecule has 0 saturated heterocycles. The van der Waals surface area contributed by atoms with E-state index in [0.717, 1.165) is 11.3 Å². The van der Waals surface area contributed by atoms with Crippen LogP contribution in [0.3, 0.4) is 0 Å². The molecule has 0 N–H and O–H groups in total. The predicted molar refractivity (Wildman–Crippen MR) is 96.7 cm³/mol. The van der Waals surface area contributed by atoms with Crippen molar-refractivity contribution in [2.45, 2.75) is 13.1 Å². The topological polar surface area (TPSA) is 39.9 Å². The third-order valence-corrected chi connectivity index (χ3v) is 4.02. The fraction of sp³-hybridized carbons (Fsp3) is 0.100. The minimum Gasteiger partial charge on any atom is -0.359 e. The van der Waals surface area contributed by atoms with Crippen LogP contribution in [0, 0.1) is 17.1 Å². The number of halogens is 2. The van der Waals surface area contributed by atoms with Gasteiger partial charge in [0, 0.05) is 17.8 Å². The van der Waals surface area contributed by atoms with Crippen LogP contribution in [0.5, 0.6) is 0 Å². The van der Waals surface area contributed by atoms with Crippen molar-refractivity contribution in [3.05, 3.63) is 94.5 Å². The molecule has 3 nitrogen and oxygen atoms in total. The van der Waals surface area contributed by atoms with Crippen LogP contribution in [0.25, 0.3) is 0 Å². The lowest BCUT2D eigenvalue weighted by molar-refractivity contribution is 0.614. The molecule has 0 atom stereocenters. The molecule has 0 unspecified atom stereocenters. The summed E-state index contributed by atoms with van der Waals surface area (Å²) in [5.74, 6) is -0.378. The lowest BCUT2D eigenvalue weighted by atomic mass is 10.1. The second kappa shape index (κ2) is 7.78. The molecule has 0 amide bonds. The van der Waals surface area contributed by atoms with Gasteiger partial charge in [-0.25, -0.2) is 4.39 Å². The van der Waals surface area contributed by atoms with E-state index < -0.39 is 0 Å².